The summed E-state index contributed by atoms with van der Waals surface area (Å²) in [4.78, 5) is 18.5. The van der Waals surface area contributed by atoms with Gasteiger partial charge in [-0.3, -0.25) is 4.79 Å². The van der Waals surface area contributed by atoms with Crippen LogP contribution in [0.15, 0.2) is 30.5 Å². The van der Waals surface area contributed by atoms with Crippen molar-refractivity contribution in [2.24, 2.45) is 0 Å². The van der Waals surface area contributed by atoms with Crippen molar-refractivity contribution >= 4 is 23.3 Å². The van der Waals surface area contributed by atoms with Crippen LogP contribution in [-0.4, -0.2) is 42.0 Å². The number of halogens is 3. The van der Waals surface area contributed by atoms with Crippen LogP contribution in [0, 0.1) is 11.6 Å². The van der Waals surface area contributed by atoms with E-state index in [1.807, 2.05) is 4.90 Å². The maximum absolute atomic E-state index is 13.1. The number of rotatable bonds is 6. The molecule has 3 rings (SSSR count). The van der Waals surface area contributed by atoms with Gasteiger partial charge in [0.25, 0.3) is 5.91 Å². The molecular formula is C19H20ClF2N3O2. The van der Waals surface area contributed by atoms with Crippen LogP contribution in [0.4, 0.5) is 14.6 Å². The van der Waals surface area contributed by atoms with Gasteiger partial charge in [0.1, 0.15) is 18.2 Å². The topological polar surface area (TPSA) is 54.5 Å². The smallest absolute Gasteiger partial charge is 0.255 e. The lowest BCUT2D eigenvalue weighted by atomic mass is 10.1. The quantitative estimate of drug-likeness (QED) is 0.747. The summed E-state index contributed by atoms with van der Waals surface area (Å²) < 4.78 is 31.3. The van der Waals surface area contributed by atoms with Gasteiger partial charge in [-0.15, -0.1) is 0 Å². The molecule has 0 unspecified atom stereocenters. The van der Waals surface area contributed by atoms with Crippen LogP contribution in [0.25, 0.3) is 0 Å². The molecule has 0 radical (unpaired) electrons. The van der Waals surface area contributed by atoms with Gasteiger partial charge in [0.15, 0.2) is 11.6 Å². The molecule has 0 bridgehead atoms. The van der Waals surface area contributed by atoms with Gasteiger partial charge in [0.05, 0.1) is 17.1 Å². The number of nitrogens with one attached hydrogen (secondary N) is 1. The number of anilines is 1. The maximum Gasteiger partial charge on any atom is 0.255 e. The molecule has 8 heteroatoms. The predicted molar refractivity (Wildman–Crippen MR) is 99.3 cm³/mol. The fourth-order valence-corrected chi connectivity index (χ4v) is 3.10. The Morgan fingerprint density at radius 3 is 2.67 bits per heavy atom. The molecule has 0 atom stereocenters. The molecule has 144 valence electrons. The minimum absolute atomic E-state index is 0.0580. The maximum atomic E-state index is 13.1. The SMILES string of the molecule is O=C(c1cnc(NCCOc2ccc(F)c(F)c2)c(Cl)c1)N1CCCCC1. The molecule has 1 aromatic heterocycles. The Hall–Kier alpha value is -2.41. The lowest BCUT2D eigenvalue weighted by molar-refractivity contribution is 0.0724. The molecule has 1 aliphatic heterocycles. The van der Waals surface area contributed by atoms with Gasteiger partial charge in [-0.1, -0.05) is 11.6 Å². The number of nitrogens with zero attached hydrogens (tertiary/aromatic N) is 2. The van der Waals surface area contributed by atoms with Crippen molar-refractivity contribution in [2.75, 3.05) is 31.6 Å². The molecule has 1 aromatic carbocycles. The van der Waals surface area contributed by atoms with Crippen molar-refractivity contribution in [3.05, 3.63) is 52.7 Å². The van der Waals surface area contributed by atoms with Crippen LogP contribution in [-0.2, 0) is 0 Å². The van der Waals surface area contributed by atoms with Gasteiger partial charge in [-0.2, -0.15) is 0 Å². The first kappa shape index (κ1) is 19.4. The zero-order valence-electron chi connectivity index (χ0n) is 14.7. The lowest BCUT2D eigenvalue weighted by Gasteiger charge is -2.26. The number of likely N-dealkylation sites (tertiary alicyclic amines) is 1. The molecule has 1 fully saturated rings. The molecule has 1 N–H and O–H groups in total. The normalized spacial score (nSPS) is 14.1. The Kier molecular flexibility index (Phi) is 6.45. The second kappa shape index (κ2) is 8.99. The number of benzene rings is 1. The number of ether oxygens (including phenoxy) is 1. The molecular weight excluding hydrogens is 376 g/mol. The summed E-state index contributed by atoms with van der Waals surface area (Å²) in [6.45, 7) is 2.08. The van der Waals surface area contributed by atoms with E-state index in [2.05, 4.69) is 10.3 Å². The van der Waals surface area contributed by atoms with Crippen molar-refractivity contribution in [1.29, 1.82) is 0 Å². The standard InChI is InChI=1S/C19H20ClF2N3O2/c20-15-10-13(19(26)25-7-2-1-3-8-25)12-24-18(15)23-6-9-27-14-4-5-16(21)17(22)11-14/h4-5,10-12H,1-3,6-9H2,(H,23,24). The second-order valence-electron chi connectivity index (χ2n) is 6.26. The number of pyridine rings is 1. The Bertz CT molecular complexity index is 814. The number of piperidine rings is 1. The van der Waals surface area contributed by atoms with E-state index in [9.17, 15) is 13.6 Å². The molecule has 1 amide bonds. The summed E-state index contributed by atoms with van der Waals surface area (Å²) in [7, 11) is 0. The molecule has 1 aliphatic rings. The van der Waals surface area contributed by atoms with Crippen LogP contribution in [0.2, 0.25) is 5.02 Å². The highest BCUT2D eigenvalue weighted by Gasteiger charge is 2.19. The third-order valence-corrected chi connectivity index (χ3v) is 4.57. The lowest BCUT2D eigenvalue weighted by Crippen LogP contribution is -2.35. The second-order valence-corrected chi connectivity index (χ2v) is 6.67. The Labute approximate surface area is 161 Å². The van der Waals surface area contributed by atoms with Crippen molar-refractivity contribution < 1.29 is 18.3 Å². The van der Waals surface area contributed by atoms with Crippen LogP contribution in [0.1, 0.15) is 29.6 Å². The van der Waals surface area contributed by atoms with Crippen LogP contribution in [0.5, 0.6) is 5.75 Å². The highest BCUT2D eigenvalue weighted by Crippen LogP contribution is 2.22. The van der Waals surface area contributed by atoms with Gasteiger partial charge in [-0.25, -0.2) is 13.8 Å². The zero-order valence-corrected chi connectivity index (χ0v) is 15.4. The van der Waals surface area contributed by atoms with E-state index in [4.69, 9.17) is 16.3 Å². The third kappa shape index (κ3) is 5.07. The van der Waals surface area contributed by atoms with Gasteiger partial charge in [0.2, 0.25) is 0 Å². The Morgan fingerprint density at radius 1 is 1.19 bits per heavy atom. The van der Waals surface area contributed by atoms with E-state index < -0.39 is 11.6 Å². The van der Waals surface area contributed by atoms with E-state index in [1.165, 1.54) is 12.3 Å². The number of amides is 1. The Morgan fingerprint density at radius 2 is 1.96 bits per heavy atom. The fraction of sp³-hybridized carbons (Fsp3) is 0.368. The minimum Gasteiger partial charge on any atom is -0.492 e. The highest BCUT2D eigenvalue weighted by molar-refractivity contribution is 6.33. The van der Waals surface area contributed by atoms with E-state index in [-0.39, 0.29) is 18.3 Å². The first-order valence-corrected chi connectivity index (χ1v) is 9.19. The molecule has 0 saturated carbocycles. The molecule has 5 nitrogen and oxygen atoms in total. The summed E-state index contributed by atoms with van der Waals surface area (Å²) in [6, 6.07) is 4.95. The van der Waals surface area contributed by atoms with Gasteiger partial charge in [-0.05, 0) is 37.5 Å². The largest absolute Gasteiger partial charge is 0.492 e. The average Bonchev–Trinajstić information content (AvgIpc) is 2.69. The summed E-state index contributed by atoms with van der Waals surface area (Å²) in [6.07, 6.45) is 4.69. The number of hydrogen-bond acceptors (Lipinski definition) is 4. The molecule has 0 spiro atoms. The van der Waals surface area contributed by atoms with Crippen LogP contribution >= 0.6 is 11.6 Å². The first-order valence-electron chi connectivity index (χ1n) is 8.81. The predicted octanol–water partition coefficient (Wildman–Crippen LogP) is 4.13. The summed E-state index contributed by atoms with van der Waals surface area (Å²) in [5.74, 6) is -1.27. The van der Waals surface area contributed by atoms with E-state index >= 15 is 0 Å². The van der Waals surface area contributed by atoms with Crippen LogP contribution < -0.4 is 10.1 Å². The fourth-order valence-electron chi connectivity index (χ4n) is 2.87. The van der Waals surface area contributed by atoms with Crippen molar-refractivity contribution in [2.45, 2.75) is 19.3 Å². The van der Waals surface area contributed by atoms with Gasteiger partial charge >= 0.3 is 0 Å². The minimum atomic E-state index is -0.959. The van der Waals surface area contributed by atoms with Crippen molar-refractivity contribution in [3.63, 3.8) is 0 Å². The first-order chi connectivity index (χ1) is 13.0. The monoisotopic (exact) mass is 395 g/mol. The summed E-state index contributed by atoms with van der Waals surface area (Å²) in [5.41, 5.74) is 0.463. The van der Waals surface area contributed by atoms with Crippen molar-refractivity contribution in [1.82, 2.24) is 9.88 Å². The molecule has 1 saturated heterocycles. The summed E-state index contributed by atoms with van der Waals surface area (Å²) >= 11 is 6.22. The number of hydrogen-bond donors (Lipinski definition) is 1. The van der Waals surface area contributed by atoms with Crippen molar-refractivity contribution in [3.8, 4) is 5.75 Å². The Balaban J connectivity index is 1.51. The molecule has 0 aliphatic carbocycles. The number of aromatic nitrogens is 1. The third-order valence-electron chi connectivity index (χ3n) is 4.29. The number of carbonyl (C=O) groups is 1. The highest BCUT2D eigenvalue weighted by atomic mass is 35.5. The average molecular weight is 396 g/mol. The van der Waals surface area contributed by atoms with E-state index in [1.54, 1.807) is 6.07 Å². The van der Waals surface area contributed by atoms with E-state index in [0.29, 0.717) is 22.9 Å². The molecule has 2 heterocycles. The molecule has 2 aromatic rings. The van der Waals surface area contributed by atoms with Crippen LogP contribution in [0.3, 0.4) is 0 Å². The zero-order chi connectivity index (χ0) is 19.2. The molecule has 27 heavy (non-hydrogen) atoms. The van der Waals surface area contributed by atoms with E-state index in [0.717, 1.165) is 44.5 Å². The summed E-state index contributed by atoms with van der Waals surface area (Å²) in [5, 5.41) is 3.33. The van der Waals surface area contributed by atoms with Gasteiger partial charge in [0, 0.05) is 25.4 Å². The van der Waals surface area contributed by atoms with Gasteiger partial charge < -0.3 is 15.0 Å². The number of carbonyl (C=O) groups excluding carboxylic acids is 1.